The molecule has 0 rings (SSSR count). The van der Waals surface area contributed by atoms with Gasteiger partial charge in [-0.25, -0.2) is 0 Å². The summed E-state index contributed by atoms with van der Waals surface area (Å²) in [6, 6.07) is 0. The second kappa shape index (κ2) is 3.92. The predicted molar refractivity (Wildman–Crippen MR) is 37.4 cm³/mol. The van der Waals surface area contributed by atoms with E-state index >= 15 is 0 Å². The number of ketones is 1. The van der Waals surface area contributed by atoms with Crippen LogP contribution >= 0.6 is 11.8 Å². The minimum absolute atomic E-state index is 0.0370. The summed E-state index contributed by atoms with van der Waals surface area (Å²) >= 11 is 1.39. The van der Waals surface area contributed by atoms with Crippen LogP contribution in [-0.2, 0) is 4.79 Å². The van der Waals surface area contributed by atoms with E-state index in [0.29, 0.717) is 5.75 Å². The molecule has 0 radical (unpaired) electrons. The van der Waals surface area contributed by atoms with E-state index in [1.54, 1.807) is 6.26 Å². The predicted octanol–water partition coefficient (Wildman–Crippen LogP) is -1.06. The largest absolute Gasteiger partial charge is 0.339 e. The van der Waals surface area contributed by atoms with Gasteiger partial charge in [-0.2, -0.15) is 11.8 Å². The maximum Gasteiger partial charge on any atom is 0.339 e. The van der Waals surface area contributed by atoms with Crippen molar-refractivity contribution in [2.45, 2.75) is 12.4 Å². The summed E-state index contributed by atoms with van der Waals surface area (Å²) in [5.74, 6) is -3.64. The molecule has 0 aromatic heterocycles. The van der Waals surface area contributed by atoms with E-state index in [2.05, 4.69) is 0 Å². The van der Waals surface area contributed by atoms with Crippen molar-refractivity contribution in [1.29, 1.82) is 0 Å². The average Bonchev–Trinajstić information content (AvgIpc) is 1.80. The Balaban J connectivity index is 3.64. The zero-order valence-electron chi connectivity index (χ0n) is 5.57. The lowest BCUT2D eigenvalue weighted by Crippen LogP contribution is -2.37. The summed E-state index contributed by atoms with van der Waals surface area (Å²) < 4.78 is 0. The van der Waals surface area contributed by atoms with Crippen LogP contribution in [0.1, 0.15) is 6.42 Å². The molecule has 0 amide bonds. The first-order valence-corrected chi connectivity index (χ1v) is 4.07. The molecule has 0 spiro atoms. The summed E-state index contributed by atoms with van der Waals surface area (Å²) in [5.41, 5.74) is 0. The molecule has 4 nitrogen and oxygen atoms in total. The van der Waals surface area contributed by atoms with E-state index in [1.165, 1.54) is 11.8 Å². The molecule has 5 heteroatoms. The quantitative estimate of drug-likeness (QED) is 0.464. The highest BCUT2D eigenvalue weighted by Crippen LogP contribution is 2.03. The second-order valence-corrected chi connectivity index (χ2v) is 2.79. The molecule has 0 aliphatic carbocycles. The Morgan fingerprint density at radius 1 is 1.50 bits per heavy atom. The molecule has 0 aliphatic rings. The SMILES string of the molecule is CSCCC(=O)C(O)(O)O. The molecular formula is C5H10O4S. The molecule has 0 fully saturated rings. The summed E-state index contributed by atoms with van der Waals surface area (Å²) in [7, 11) is 0. The van der Waals surface area contributed by atoms with Crippen LogP contribution in [-0.4, -0.2) is 39.1 Å². The van der Waals surface area contributed by atoms with Crippen molar-refractivity contribution in [2.24, 2.45) is 0 Å². The van der Waals surface area contributed by atoms with E-state index in [9.17, 15) is 4.79 Å². The monoisotopic (exact) mass is 166 g/mol. The molecule has 0 aromatic rings. The van der Waals surface area contributed by atoms with Crippen LogP contribution < -0.4 is 0 Å². The van der Waals surface area contributed by atoms with Gasteiger partial charge in [0.25, 0.3) is 0 Å². The topological polar surface area (TPSA) is 77.8 Å². The number of carbonyl (C=O) groups excluding carboxylic acids is 1. The minimum atomic E-state index is -3.14. The lowest BCUT2D eigenvalue weighted by Gasteiger charge is -2.10. The van der Waals surface area contributed by atoms with Gasteiger partial charge in [0.2, 0.25) is 5.78 Å². The smallest absolute Gasteiger partial charge is 0.337 e. The minimum Gasteiger partial charge on any atom is -0.337 e. The van der Waals surface area contributed by atoms with Gasteiger partial charge in [0.15, 0.2) is 0 Å². The van der Waals surface area contributed by atoms with Crippen LogP contribution in [0.2, 0.25) is 0 Å². The van der Waals surface area contributed by atoms with E-state index in [0.717, 1.165) is 0 Å². The first-order valence-electron chi connectivity index (χ1n) is 2.68. The van der Waals surface area contributed by atoms with E-state index in [1.807, 2.05) is 0 Å². The summed E-state index contributed by atoms with van der Waals surface area (Å²) in [6.45, 7) is 0. The number of hydrogen-bond donors (Lipinski definition) is 3. The van der Waals surface area contributed by atoms with Crippen molar-refractivity contribution in [3.63, 3.8) is 0 Å². The number of carbonyl (C=O) groups is 1. The first-order chi connectivity index (χ1) is 4.48. The molecular weight excluding hydrogens is 156 g/mol. The lowest BCUT2D eigenvalue weighted by molar-refractivity contribution is -0.286. The van der Waals surface area contributed by atoms with Crippen LogP contribution in [0.3, 0.4) is 0 Å². The summed E-state index contributed by atoms with van der Waals surface area (Å²) in [5, 5.41) is 24.8. The summed E-state index contributed by atoms with van der Waals surface area (Å²) in [4.78, 5) is 10.5. The second-order valence-electron chi connectivity index (χ2n) is 1.80. The van der Waals surface area contributed by atoms with Crippen molar-refractivity contribution >= 4 is 17.5 Å². The van der Waals surface area contributed by atoms with Gasteiger partial charge >= 0.3 is 5.97 Å². The highest BCUT2D eigenvalue weighted by Gasteiger charge is 2.28. The van der Waals surface area contributed by atoms with Crippen LogP contribution in [0, 0.1) is 0 Å². The Kier molecular flexibility index (Phi) is 3.88. The number of Topliss-reactive ketones (excluding diaryl/α,β-unsaturated/α-hetero) is 1. The zero-order valence-corrected chi connectivity index (χ0v) is 6.39. The van der Waals surface area contributed by atoms with Gasteiger partial charge in [-0.05, 0) is 6.26 Å². The fourth-order valence-electron chi connectivity index (χ4n) is 0.362. The van der Waals surface area contributed by atoms with Crippen molar-refractivity contribution in [1.82, 2.24) is 0 Å². The van der Waals surface area contributed by atoms with Crippen molar-refractivity contribution in [2.75, 3.05) is 12.0 Å². The van der Waals surface area contributed by atoms with E-state index < -0.39 is 11.8 Å². The van der Waals surface area contributed by atoms with Gasteiger partial charge in [-0.15, -0.1) is 0 Å². The standard InChI is InChI=1S/C5H10O4S/c1-10-3-2-4(6)5(7,8)9/h7-9H,2-3H2,1H3. The van der Waals surface area contributed by atoms with E-state index in [-0.39, 0.29) is 6.42 Å². The number of hydrogen-bond acceptors (Lipinski definition) is 5. The van der Waals surface area contributed by atoms with Gasteiger partial charge in [-0.3, -0.25) is 4.79 Å². The molecule has 60 valence electrons. The fourth-order valence-corrected chi connectivity index (χ4v) is 0.752. The molecule has 0 atom stereocenters. The Bertz CT molecular complexity index is 117. The van der Waals surface area contributed by atoms with E-state index in [4.69, 9.17) is 15.3 Å². The molecule has 0 aliphatic heterocycles. The molecule has 0 bridgehead atoms. The molecule has 3 N–H and O–H groups in total. The van der Waals surface area contributed by atoms with Crippen LogP contribution in [0.25, 0.3) is 0 Å². The van der Waals surface area contributed by atoms with Gasteiger partial charge < -0.3 is 15.3 Å². The van der Waals surface area contributed by atoms with Gasteiger partial charge in [0.05, 0.1) is 0 Å². The molecule has 0 unspecified atom stereocenters. The number of aliphatic hydroxyl groups is 3. The molecule has 0 aromatic carbocycles. The molecule has 0 saturated heterocycles. The molecule has 10 heavy (non-hydrogen) atoms. The maximum atomic E-state index is 10.5. The zero-order chi connectivity index (χ0) is 8.20. The fraction of sp³-hybridized carbons (Fsp3) is 0.800. The van der Waals surface area contributed by atoms with Crippen LogP contribution in [0.5, 0.6) is 0 Å². The number of thioether (sulfide) groups is 1. The highest BCUT2D eigenvalue weighted by atomic mass is 32.2. The van der Waals surface area contributed by atoms with Crippen molar-refractivity contribution in [3.8, 4) is 0 Å². The van der Waals surface area contributed by atoms with Crippen molar-refractivity contribution in [3.05, 3.63) is 0 Å². The molecule has 0 saturated carbocycles. The lowest BCUT2D eigenvalue weighted by atomic mass is 10.3. The third kappa shape index (κ3) is 3.84. The average molecular weight is 166 g/mol. The van der Waals surface area contributed by atoms with Crippen LogP contribution in [0.4, 0.5) is 0 Å². The number of rotatable bonds is 4. The Morgan fingerprint density at radius 2 is 2.00 bits per heavy atom. The third-order valence-electron chi connectivity index (χ3n) is 0.907. The van der Waals surface area contributed by atoms with Gasteiger partial charge in [0, 0.05) is 12.2 Å². The maximum absolute atomic E-state index is 10.5. The first kappa shape index (κ1) is 9.90. The van der Waals surface area contributed by atoms with Gasteiger partial charge in [0.1, 0.15) is 0 Å². The van der Waals surface area contributed by atoms with Crippen molar-refractivity contribution < 1.29 is 20.1 Å². The van der Waals surface area contributed by atoms with Gasteiger partial charge in [-0.1, -0.05) is 0 Å². The Morgan fingerprint density at radius 3 is 2.30 bits per heavy atom. The third-order valence-corrected chi connectivity index (χ3v) is 1.52. The summed E-state index contributed by atoms with van der Waals surface area (Å²) in [6.07, 6.45) is 1.74. The Hall–Kier alpha value is -0.100. The van der Waals surface area contributed by atoms with Crippen LogP contribution in [0.15, 0.2) is 0 Å². The Labute approximate surface area is 62.9 Å². The molecule has 0 heterocycles. The normalized spacial score (nSPS) is 11.6. The highest BCUT2D eigenvalue weighted by molar-refractivity contribution is 7.98.